The molecule has 3 rings (SSSR count). The zero-order chi connectivity index (χ0) is 22.1. The van der Waals surface area contributed by atoms with Crippen LogP contribution in [0.3, 0.4) is 0 Å². The molecule has 0 fully saturated rings. The molecular formula is C22H25NO7S. The molecule has 0 aromatic heterocycles. The highest BCUT2D eigenvalue weighted by atomic mass is 32.2. The van der Waals surface area contributed by atoms with Crippen LogP contribution in [0.4, 0.5) is 4.79 Å². The summed E-state index contributed by atoms with van der Waals surface area (Å²) in [5.41, 5.74) is 0.587. The number of carbonyl (C=O) groups is 2. The van der Waals surface area contributed by atoms with E-state index in [1.54, 1.807) is 30.0 Å². The van der Waals surface area contributed by atoms with E-state index in [-0.39, 0.29) is 19.8 Å². The van der Waals surface area contributed by atoms with Crippen LogP contribution in [0.2, 0.25) is 0 Å². The van der Waals surface area contributed by atoms with Gasteiger partial charge in [0, 0.05) is 17.3 Å². The fraction of sp³-hybridized carbons (Fsp3) is 0.364. The fourth-order valence-corrected chi connectivity index (χ4v) is 3.85. The molecule has 0 spiro atoms. The molecule has 0 saturated heterocycles. The van der Waals surface area contributed by atoms with E-state index in [9.17, 15) is 14.7 Å². The highest BCUT2D eigenvalue weighted by molar-refractivity contribution is 7.99. The summed E-state index contributed by atoms with van der Waals surface area (Å²) in [6.07, 6.45) is -1.50. The second kappa shape index (κ2) is 11.5. The number of thioether (sulfide) groups is 1. The van der Waals surface area contributed by atoms with Crippen molar-refractivity contribution in [2.24, 2.45) is 0 Å². The van der Waals surface area contributed by atoms with Crippen LogP contribution in [-0.4, -0.2) is 49.0 Å². The van der Waals surface area contributed by atoms with E-state index in [1.807, 2.05) is 37.3 Å². The minimum Gasteiger partial charge on any atom is -0.481 e. The number of fused-ring (bicyclic) bond motifs is 1. The molecule has 1 aliphatic rings. The Bertz CT molecular complexity index is 877. The summed E-state index contributed by atoms with van der Waals surface area (Å²) in [5.74, 6) is 0.547. The standard InChI is InChI=1S/C22H25NO7S/c1-2-27-12-16(13-31-17-6-4-3-5-7-17)30-22(26)23-18(11-21(24)25)15-8-9-19-20(10-15)29-14-28-19/h3-10,16,18H,2,11-14H2,1H3,(H,23,26)(H,24,25)/t16?,18-/m0/s1. The first-order valence-corrected chi connectivity index (χ1v) is 10.9. The number of nitrogens with one attached hydrogen (secondary N) is 1. The first-order valence-electron chi connectivity index (χ1n) is 9.89. The summed E-state index contributed by atoms with van der Waals surface area (Å²) in [7, 11) is 0. The van der Waals surface area contributed by atoms with Gasteiger partial charge >= 0.3 is 12.1 Å². The number of rotatable bonds is 11. The second-order valence-corrected chi connectivity index (χ2v) is 7.81. The lowest BCUT2D eigenvalue weighted by Gasteiger charge is -2.21. The van der Waals surface area contributed by atoms with E-state index in [0.29, 0.717) is 29.4 Å². The predicted molar refractivity (Wildman–Crippen MR) is 115 cm³/mol. The number of amides is 1. The van der Waals surface area contributed by atoms with Gasteiger partial charge in [-0.2, -0.15) is 0 Å². The molecule has 166 valence electrons. The Morgan fingerprint density at radius 1 is 1.16 bits per heavy atom. The lowest BCUT2D eigenvalue weighted by Crippen LogP contribution is -2.35. The Hall–Kier alpha value is -2.91. The number of hydrogen-bond donors (Lipinski definition) is 2. The average Bonchev–Trinajstić information content (AvgIpc) is 3.23. The van der Waals surface area contributed by atoms with Gasteiger partial charge in [0.2, 0.25) is 6.79 Å². The maximum Gasteiger partial charge on any atom is 0.408 e. The average molecular weight is 448 g/mol. The molecule has 0 aliphatic carbocycles. The summed E-state index contributed by atoms with van der Waals surface area (Å²) in [5, 5.41) is 11.9. The summed E-state index contributed by atoms with van der Waals surface area (Å²) < 4.78 is 21.6. The van der Waals surface area contributed by atoms with Crippen LogP contribution in [0.5, 0.6) is 11.5 Å². The quantitative estimate of drug-likeness (QED) is 0.501. The predicted octanol–water partition coefficient (Wildman–Crippen LogP) is 3.85. The molecule has 1 aliphatic heterocycles. The molecule has 1 amide bonds. The van der Waals surface area contributed by atoms with E-state index in [4.69, 9.17) is 18.9 Å². The third-order valence-corrected chi connectivity index (χ3v) is 5.57. The van der Waals surface area contributed by atoms with Crippen LogP contribution in [0.1, 0.15) is 24.9 Å². The topological polar surface area (TPSA) is 103 Å². The van der Waals surface area contributed by atoms with Crippen LogP contribution < -0.4 is 14.8 Å². The number of carboxylic acid groups (broad SMARTS) is 1. The molecule has 2 N–H and O–H groups in total. The minimum absolute atomic E-state index is 0.107. The van der Waals surface area contributed by atoms with E-state index in [2.05, 4.69) is 5.32 Å². The lowest BCUT2D eigenvalue weighted by molar-refractivity contribution is -0.137. The first-order chi connectivity index (χ1) is 15.0. The van der Waals surface area contributed by atoms with E-state index in [0.717, 1.165) is 4.90 Å². The summed E-state index contributed by atoms with van der Waals surface area (Å²) in [6.45, 7) is 2.72. The first kappa shape index (κ1) is 22.8. The SMILES string of the molecule is CCOCC(CSc1ccccc1)OC(=O)N[C@@H](CC(=O)O)c1ccc2c(c1)OCO2. The van der Waals surface area contributed by atoms with E-state index >= 15 is 0 Å². The van der Waals surface area contributed by atoms with E-state index < -0.39 is 24.2 Å². The minimum atomic E-state index is -1.05. The summed E-state index contributed by atoms with van der Waals surface area (Å²) >= 11 is 1.55. The van der Waals surface area contributed by atoms with Crippen LogP contribution in [-0.2, 0) is 14.3 Å². The number of carboxylic acids is 1. The monoisotopic (exact) mass is 447 g/mol. The molecule has 1 unspecified atom stereocenters. The van der Waals surface area contributed by atoms with Gasteiger partial charge in [-0.05, 0) is 36.8 Å². The van der Waals surface area contributed by atoms with Crippen LogP contribution in [0, 0.1) is 0 Å². The van der Waals surface area contributed by atoms with Gasteiger partial charge in [-0.3, -0.25) is 4.79 Å². The molecule has 0 bridgehead atoms. The highest BCUT2D eigenvalue weighted by Crippen LogP contribution is 2.34. The zero-order valence-electron chi connectivity index (χ0n) is 17.1. The maximum absolute atomic E-state index is 12.6. The number of carbonyl (C=O) groups excluding carboxylic acids is 1. The van der Waals surface area contributed by atoms with Crippen molar-refractivity contribution in [2.45, 2.75) is 30.4 Å². The zero-order valence-corrected chi connectivity index (χ0v) is 17.9. The molecular weight excluding hydrogens is 422 g/mol. The number of alkyl carbamates (subject to hydrolysis) is 1. The molecule has 0 radical (unpaired) electrons. The largest absolute Gasteiger partial charge is 0.481 e. The van der Waals surface area contributed by atoms with Crippen molar-refractivity contribution < 1.29 is 33.6 Å². The molecule has 0 saturated carbocycles. The lowest BCUT2D eigenvalue weighted by atomic mass is 10.0. The Morgan fingerprint density at radius 2 is 1.94 bits per heavy atom. The van der Waals surface area contributed by atoms with Gasteiger partial charge in [0.1, 0.15) is 6.10 Å². The van der Waals surface area contributed by atoms with Gasteiger partial charge in [0.05, 0.1) is 19.1 Å². The summed E-state index contributed by atoms with van der Waals surface area (Å²) in [6, 6.07) is 14.0. The van der Waals surface area contributed by atoms with Crippen molar-refractivity contribution in [3.05, 3.63) is 54.1 Å². The van der Waals surface area contributed by atoms with Crippen molar-refractivity contribution in [3.63, 3.8) is 0 Å². The molecule has 31 heavy (non-hydrogen) atoms. The van der Waals surface area contributed by atoms with Crippen molar-refractivity contribution in [2.75, 3.05) is 25.8 Å². The van der Waals surface area contributed by atoms with Crippen molar-refractivity contribution in [1.82, 2.24) is 5.32 Å². The van der Waals surface area contributed by atoms with E-state index in [1.165, 1.54) is 0 Å². The molecule has 2 atom stereocenters. The highest BCUT2D eigenvalue weighted by Gasteiger charge is 2.24. The summed E-state index contributed by atoms with van der Waals surface area (Å²) in [4.78, 5) is 25.0. The van der Waals surface area contributed by atoms with Crippen LogP contribution >= 0.6 is 11.8 Å². The van der Waals surface area contributed by atoms with Crippen molar-refractivity contribution in [3.8, 4) is 11.5 Å². The van der Waals surface area contributed by atoms with Gasteiger partial charge < -0.3 is 29.4 Å². The second-order valence-electron chi connectivity index (χ2n) is 6.72. The molecule has 1 heterocycles. The van der Waals surface area contributed by atoms with Crippen LogP contribution in [0.25, 0.3) is 0 Å². The Morgan fingerprint density at radius 3 is 2.68 bits per heavy atom. The molecule has 8 nitrogen and oxygen atoms in total. The smallest absolute Gasteiger partial charge is 0.408 e. The fourth-order valence-electron chi connectivity index (χ4n) is 2.96. The van der Waals surface area contributed by atoms with Crippen molar-refractivity contribution in [1.29, 1.82) is 0 Å². The number of aliphatic carboxylic acids is 1. The van der Waals surface area contributed by atoms with Gasteiger partial charge in [-0.25, -0.2) is 4.79 Å². The Labute approximate surface area is 184 Å². The third-order valence-electron chi connectivity index (χ3n) is 4.43. The van der Waals surface area contributed by atoms with Crippen molar-refractivity contribution >= 4 is 23.8 Å². The number of hydrogen-bond acceptors (Lipinski definition) is 7. The molecule has 9 heteroatoms. The van der Waals surface area contributed by atoms with Gasteiger partial charge in [0.15, 0.2) is 11.5 Å². The molecule has 2 aromatic carbocycles. The number of benzene rings is 2. The van der Waals surface area contributed by atoms with Gasteiger partial charge in [0.25, 0.3) is 0 Å². The number of ether oxygens (including phenoxy) is 4. The molecule has 2 aromatic rings. The van der Waals surface area contributed by atoms with Gasteiger partial charge in [-0.15, -0.1) is 11.8 Å². The Balaban J connectivity index is 1.63. The van der Waals surface area contributed by atoms with Gasteiger partial charge in [-0.1, -0.05) is 24.3 Å². The third kappa shape index (κ3) is 7.08. The normalized spacial score (nSPS) is 14.0. The maximum atomic E-state index is 12.6. The van der Waals surface area contributed by atoms with Crippen LogP contribution in [0.15, 0.2) is 53.4 Å². The Kier molecular flexibility index (Phi) is 8.43.